The van der Waals surface area contributed by atoms with Crippen molar-refractivity contribution in [3.63, 3.8) is 0 Å². The molecule has 2 aliphatic carbocycles. The summed E-state index contributed by atoms with van der Waals surface area (Å²) in [6, 6.07) is 16.3. The van der Waals surface area contributed by atoms with Crippen molar-refractivity contribution >= 4 is 18.0 Å². The first-order chi connectivity index (χ1) is 15.8. The number of likely N-dealkylation sites (N-methyl/N-ethyl adjacent to an activating group) is 1. The van der Waals surface area contributed by atoms with Crippen LogP contribution in [0.4, 0.5) is 4.79 Å². The number of carbonyl (C=O) groups excluding carboxylic acids is 2. The van der Waals surface area contributed by atoms with Gasteiger partial charge in [0.15, 0.2) is 0 Å². The molecule has 2 aromatic rings. The van der Waals surface area contributed by atoms with E-state index in [1.54, 1.807) is 14.0 Å². The smallest absolute Gasteiger partial charge is 0.408 e. The van der Waals surface area contributed by atoms with Crippen LogP contribution < -0.4 is 5.32 Å². The van der Waals surface area contributed by atoms with Gasteiger partial charge in [-0.15, -0.1) is 0 Å². The predicted octanol–water partition coefficient (Wildman–Crippen LogP) is 4.02. The topological polar surface area (TPSA) is 95.9 Å². The second-order valence-corrected chi connectivity index (χ2v) is 9.15. The number of carboxylic acids is 1. The van der Waals surface area contributed by atoms with Crippen molar-refractivity contribution in [2.75, 3.05) is 20.2 Å². The monoisotopic (exact) mass is 450 g/mol. The van der Waals surface area contributed by atoms with Crippen LogP contribution >= 0.6 is 0 Å². The number of carboxylic acid groups (broad SMARTS) is 1. The quantitative estimate of drug-likeness (QED) is 0.602. The van der Waals surface area contributed by atoms with Gasteiger partial charge in [-0.3, -0.25) is 9.59 Å². The molecule has 1 saturated carbocycles. The molecule has 7 nitrogen and oxygen atoms in total. The van der Waals surface area contributed by atoms with Crippen molar-refractivity contribution in [3.8, 4) is 11.1 Å². The Kier molecular flexibility index (Phi) is 6.40. The Morgan fingerprint density at radius 3 is 2.18 bits per heavy atom. The van der Waals surface area contributed by atoms with Gasteiger partial charge in [0.1, 0.15) is 12.1 Å². The van der Waals surface area contributed by atoms with Gasteiger partial charge in [-0.1, -0.05) is 48.5 Å². The van der Waals surface area contributed by atoms with Gasteiger partial charge in [0.25, 0.3) is 0 Å². The summed E-state index contributed by atoms with van der Waals surface area (Å²) < 4.78 is 5.66. The lowest BCUT2D eigenvalue weighted by molar-refractivity contribution is -0.139. The van der Waals surface area contributed by atoms with Crippen LogP contribution in [-0.4, -0.2) is 53.7 Å². The molecule has 0 bridgehead atoms. The summed E-state index contributed by atoms with van der Waals surface area (Å²) in [6.07, 6.45) is 1.46. The number of amides is 2. The highest BCUT2D eigenvalue weighted by molar-refractivity contribution is 5.90. The van der Waals surface area contributed by atoms with Crippen molar-refractivity contribution in [1.29, 1.82) is 0 Å². The first-order valence-corrected chi connectivity index (χ1v) is 11.4. The zero-order valence-corrected chi connectivity index (χ0v) is 19.0. The fourth-order valence-electron chi connectivity index (χ4n) is 4.80. The number of carbonyl (C=O) groups is 3. The molecule has 4 rings (SSSR count). The molecule has 0 radical (unpaired) electrons. The minimum absolute atomic E-state index is 0.00241. The largest absolute Gasteiger partial charge is 0.481 e. The number of nitrogens with zero attached hydrogens (tertiary/aromatic N) is 1. The Hall–Kier alpha value is -3.35. The molecule has 7 heteroatoms. The van der Waals surface area contributed by atoms with Crippen molar-refractivity contribution in [3.05, 3.63) is 59.7 Å². The number of fused-ring (bicyclic) bond motifs is 3. The number of benzene rings is 2. The molecule has 1 unspecified atom stereocenters. The van der Waals surface area contributed by atoms with Crippen molar-refractivity contribution in [2.45, 2.75) is 44.1 Å². The third-order valence-electron chi connectivity index (χ3n) is 6.77. The lowest BCUT2D eigenvalue weighted by atomic mass is 9.94. The first kappa shape index (κ1) is 22.8. The number of hydrogen-bond donors (Lipinski definition) is 2. The molecule has 0 saturated heterocycles. The summed E-state index contributed by atoms with van der Waals surface area (Å²) in [4.78, 5) is 38.2. The van der Waals surface area contributed by atoms with Crippen LogP contribution in [0.15, 0.2) is 48.5 Å². The summed E-state index contributed by atoms with van der Waals surface area (Å²) in [5.41, 5.74) is 3.50. The lowest BCUT2D eigenvalue weighted by Crippen LogP contribution is -2.59. The third kappa shape index (κ3) is 4.72. The van der Waals surface area contributed by atoms with E-state index in [1.807, 2.05) is 24.3 Å². The summed E-state index contributed by atoms with van der Waals surface area (Å²) >= 11 is 0. The Bertz CT molecular complexity index is 1020. The molecule has 174 valence electrons. The maximum absolute atomic E-state index is 13.2. The van der Waals surface area contributed by atoms with Gasteiger partial charge in [-0.25, -0.2) is 4.79 Å². The van der Waals surface area contributed by atoms with E-state index in [0.717, 1.165) is 35.1 Å². The minimum Gasteiger partial charge on any atom is -0.481 e. The normalized spacial score (nSPS) is 16.3. The number of nitrogens with one attached hydrogen (secondary N) is 1. The Morgan fingerprint density at radius 1 is 1.06 bits per heavy atom. The van der Waals surface area contributed by atoms with Crippen LogP contribution in [-0.2, 0) is 14.3 Å². The highest BCUT2D eigenvalue weighted by Crippen LogP contribution is 2.45. The Morgan fingerprint density at radius 2 is 1.64 bits per heavy atom. The highest BCUT2D eigenvalue weighted by atomic mass is 16.5. The minimum atomic E-state index is -1.07. The maximum atomic E-state index is 13.2. The van der Waals surface area contributed by atoms with E-state index in [-0.39, 0.29) is 30.8 Å². The molecule has 2 amide bonds. The second kappa shape index (κ2) is 9.25. The molecule has 1 atom stereocenters. The number of rotatable bonds is 9. The summed E-state index contributed by atoms with van der Waals surface area (Å²) in [7, 11) is 1.64. The molecule has 0 spiro atoms. The molecule has 2 aliphatic rings. The fraction of sp³-hybridized carbons (Fsp3) is 0.423. The summed E-state index contributed by atoms with van der Waals surface area (Å²) in [6.45, 7) is 2.24. The Labute approximate surface area is 193 Å². The molecule has 2 N–H and O–H groups in total. The molecule has 0 heterocycles. The van der Waals surface area contributed by atoms with Crippen molar-refractivity contribution < 1.29 is 24.2 Å². The lowest BCUT2D eigenvalue weighted by Gasteiger charge is -2.33. The van der Waals surface area contributed by atoms with Gasteiger partial charge >= 0.3 is 12.1 Å². The first-order valence-electron chi connectivity index (χ1n) is 11.4. The van der Waals surface area contributed by atoms with E-state index in [4.69, 9.17) is 9.84 Å². The molecule has 0 aliphatic heterocycles. The fourth-order valence-corrected chi connectivity index (χ4v) is 4.80. The van der Waals surface area contributed by atoms with E-state index in [1.165, 1.54) is 4.90 Å². The highest BCUT2D eigenvalue weighted by Gasteiger charge is 2.49. The third-order valence-corrected chi connectivity index (χ3v) is 6.77. The van der Waals surface area contributed by atoms with Crippen LogP contribution in [0.2, 0.25) is 0 Å². The van der Waals surface area contributed by atoms with Gasteiger partial charge in [0, 0.05) is 25.9 Å². The van der Waals surface area contributed by atoms with Crippen molar-refractivity contribution in [2.24, 2.45) is 5.92 Å². The van der Waals surface area contributed by atoms with Crippen LogP contribution in [0.25, 0.3) is 11.1 Å². The summed E-state index contributed by atoms with van der Waals surface area (Å²) in [5.74, 6) is -1.11. The number of ether oxygens (including phenoxy) is 1. The average Bonchev–Trinajstić information content (AvgIpc) is 3.61. The molecule has 0 aromatic heterocycles. The molecule has 33 heavy (non-hydrogen) atoms. The van der Waals surface area contributed by atoms with Crippen LogP contribution in [0.1, 0.15) is 49.7 Å². The van der Waals surface area contributed by atoms with Gasteiger partial charge in [-0.2, -0.15) is 0 Å². The van der Waals surface area contributed by atoms with E-state index in [9.17, 15) is 14.4 Å². The van der Waals surface area contributed by atoms with Gasteiger partial charge in [0.2, 0.25) is 5.91 Å². The second-order valence-electron chi connectivity index (χ2n) is 9.15. The van der Waals surface area contributed by atoms with Gasteiger partial charge < -0.3 is 20.1 Å². The molecular weight excluding hydrogens is 420 g/mol. The molecular formula is C26H30N2O5. The Balaban J connectivity index is 1.41. The van der Waals surface area contributed by atoms with E-state index >= 15 is 0 Å². The van der Waals surface area contributed by atoms with Gasteiger partial charge in [0.05, 0.1) is 0 Å². The van der Waals surface area contributed by atoms with E-state index in [2.05, 4.69) is 29.6 Å². The van der Waals surface area contributed by atoms with Gasteiger partial charge in [-0.05, 0) is 54.4 Å². The van der Waals surface area contributed by atoms with Crippen LogP contribution in [0.5, 0.6) is 0 Å². The number of hydrogen-bond acceptors (Lipinski definition) is 4. The zero-order chi connectivity index (χ0) is 23.6. The van der Waals surface area contributed by atoms with Crippen molar-refractivity contribution in [1.82, 2.24) is 10.2 Å². The van der Waals surface area contributed by atoms with E-state index in [0.29, 0.717) is 13.0 Å². The molecule has 1 fully saturated rings. The zero-order valence-electron chi connectivity index (χ0n) is 19.0. The summed E-state index contributed by atoms with van der Waals surface area (Å²) in [5, 5.41) is 11.7. The van der Waals surface area contributed by atoms with Crippen LogP contribution in [0, 0.1) is 5.92 Å². The van der Waals surface area contributed by atoms with Crippen LogP contribution in [0.3, 0.4) is 0 Å². The number of alkyl carbamates (subject to hydrolysis) is 1. The number of aliphatic carboxylic acids is 1. The maximum Gasteiger partial charge on any atom is 0.408 e. The van der Waals surface area contributed by atoms with E-state index < -0.39 is 17.6 Å². The molecule has 2 aromatic carbocycles. The SMILES string of the molecule is CN(CCCC(=O)O)C(=O)C(C)(NC(=O)OCC1c2ccccc2-c2ccccc21)C1CC1. The average molecular weight is 451 g/mol. The standard InChI is InChI=1S/C26H30N2O5/c1-26(17-13-14-17,24(31)28(2)15-7-12-23(29)30)27-25(32)33-16-22-20-10-5-3-8-18(20)19-9-4-6-11-21(19)22/h3-6,8-11,17,22H,7,12-16H2,1-2H3,(H,27,32)(H,29,30). The predicted molar refractivity (Wildman–Crippen MR) is 124 cm³/mol.